The minimum absolute atomic E-state index is 0.0820. The topological polar surface area (TPSA) is 35.2 Å². The van der Waals surface area contributed by atoms with Crippen LogP contribution in [0.25, 0.3) is 6.08 Å². The van der Waals surface area contributed by atoms with Crippen LogP contribution < -0.4 is 10.5 Å². The maximum atomic E-state index is 6.03. The monoisotopic (exact) mass is 231 g/mol. The lowest BCUT2D eigenvalue weighted by Gasteiger charge is -2.17. The molecule has 0 aliphatic carbocycles. The van der Waals surface area contributed by atoms with E-state index >= 15 is 0 Å². The van der Waals surface area contributed by atoms with Crippen LogP contribution >= 0.6 is 0 Å². The summed E-state index contributed by atoms with van der Waals surface area (Å²) in [7, 11) is 0. The lowest BCUT2D eigenvalue weighted by Crippen LogP contribution is -2.24. The molecule has 2 nitrogen and oxygen atoms in total. The summed E-state index contributed by atoms with van der Waals surface area (Å²) in [6.45, 7) is 7.00. The van der Waals surface area contributed by atoms with Gasteiger partial charge in [0.05, 0.1) is 0 Å². The Balaban J connectivity index is 2.39. The molecule has 1 aliphatic rings. The van der Waals surface area contributed by atoms with Crippen LogP contribution in [0.5, 0.6) is 5.75 Å². The van der Waals surface area contributed by atoms with Gasteiger partial charge in [0.1, 0.15) is 11.4 Å². The number of fused-ring (bicyclic) bond motifs is 1. The number of rotatable bonds is 3. The third-order valence-electron chi connectivity index (χ3n) is 3.20. The minimum Gasteiger partial charge on any atom is -0.487 e. The van der Waals surface area contributed by atoms with Crippen molar-refractivity contribution >= 4 is 6.08 Å². The number of hydrogen-bond donors (Lipinski definition) is 1. The van der Waals surface area contributed by atoms with E-state index in [0.29, 0.717) is 6.54 Å². The summed E-state index contributed by atoms with van der Waals surface area (Å²) in [6.07, 6.45) is 4.14. The molecule has 0 aromatic heterocycles. The van der Waals surface area contributed by atoms with Gasteiger partial charge < -0.3 is 10.5 Å². The van der Waals surface area contributed by atoms with Crippen LogP contribution in [-0.2, 0) is 6.42 Å². The van der Waals surface area contributed by atoms with Gasteiger partial charge in [0.25, 0.3) is 0 Å². The summed E-state index contributed by atoms with van der Waals surface area (Å²) < 4.78 is 6.03. The average Bonchev–Trinajstić information content (AvgIpc) is 2.60. The molecule has 1 aromatic carbocycles. The van der Waals surface area contributed by atoms with Crippen molar-refractivity contribution in [2.24, 2.45) is 5.73 Å². The van der Waals surface area contributed by atoms with E-state index in [4.69, 9.17) is 10.5 Å². The van der Waals surface area contributed by atoms with Crippen LogP contribution in [0, 0.1) is 0 Å². The molecule has 0 bridgehead atoms. The van der Waals surface area contributed by atoms with Gasteiger partial charge in [-0.1, -0.05) is 36.8 Å². The zero-order valence-corrected chi connectivity index (χ0v) is 10.9. The van der Waals surface area contributed by atoms with Crippen LogP contribution in [0.3, 0.4) is 0 Å². The van der Waals surface area contributed by atoms with E-state index < -0.39 is 0 Å². The highest BCUT2D eigenvalue weighted by Crippen LogP contribution is 2.38. The van der Waals surface area contributed by atoms with Gasteiger partial charge >= 0.3 is 0 Å². The van der Waals surface area contributed by atoms with Gasteiger partial charge in [0.15, 0.2) is 0 Å². The Kier molecular flexibility index (Phi) is 3.25. The van der Waals surface area contributed by atoms with Crippen molar-refractivity contribution in [3.63, 3.8) is 0 Å². The molecular formula is C15H21NO. The summed E-state index contributed by atoms with van der Waals surface area (Å²) in [6, 6.07) is 6.35. The first-order chi connectivity index (χ1) is 8.05. The SMILES string of the molecule is CCC(=Cc1cccc2c1OC(C)(C)C2)CN. The summed E-state index contributed by atoms with van der Waals surface area (Å²) in [4.78, 5) is 0. The highest BCUT2D eigenvalue weighted by molar-refractivity contribution is 5.63. The summed E-state index contributed by atoms with van der Waals surface area (Å²) in [5, 5.41) is 0. The van der Waals surface area contributed by atoms with Crippen molar-refractivity contribution < 1.29 is 4.74 Å². The molecule has 1 aliphatic heterocycles. The van der Waals surface area contributed by atoms with Gasteiger partial charge in [-0.25, -0.2) is 0 Å². The Bertz CT molecular complexity index is 440. The van der Waals surface area contributed by atoms with Gasteiger partial charge in [-0.3, -0.25) is 0 Å². The average molecular weight is 231 g/mol. The Labute approximate surface area is 103 Å². The Morgan fingerprint density at radius 2 is 2.24 bits per heavy atom. The third kappa shape index (κ3) is 2.52. The van der Waals surface area contributed by atoms with E-state index in [9.17, 15) is 0 Å². The van der Waals surface area contributed by atoms with E-state index in [1.54, 1.807) is 0 Å². The quantitative estimate of drug-likeness (QED) is 0.867. The van der Waals surface area contributed by atoms with Crippen LogP contribution in [0.15, 0.2) is 23.8 Å². The molecule has 17 heavy (non-hydrogen) atoms. The molecule has 2 heteroatoms. The van der Waals surface area contributed by atoms with Crippen LogP contribution in [0.1, 0.15) is 38.3 Å². The van der Waals surface area contributed by atoms with Crippen LogP contribution in [-0.4, -0.2) is 12.1 Å². The second-order valence-electron chi connectivity index (χ2n) is 5.23. The molecular weight excluding hydrogens is 210 g/mol. The van der Waals surface area contributed by atoms with Crippen molar-refractivity contribution in [2.45, 2.75) is 39.2 Å². The summed E-state index contributed by atoms with van der Waals surface area (Å²) in [5.74, 6) is 1.04. The van der Waals surface area contributed by atoms with E-state index in [1.807, 2.05) is 0 Å². The molecule has 0 spiro atoms. The molecule has 0 atom stereocenters. The molecule has 0 saturated heterocycles. The molecule has 0 saturated carbocycles. The molecule has 92 valence electrons. The number of benzene rings is 1. The van der Waals surface area contributed by atoms with E-state index in [0.717, 1.165) is 24.2 Å². The lowest BCUT2D eigenvalue weighted by atomic mass is 9.99. The molecule has 0 unspecified atom stereocenters. The fourth-order valence-corrected chi connectivity index (χ4v) is 2.28. The normalized spacial score (nSPS) is 17.8. The number of hydrogen-bond acceptors (Lipinski definition) is 2. The zero-order valence-electron chi connectivity index (χ0n) is 10.9. The van der Waals surface area contributed by atoms with Crippen molar-refractivity contribution in [3.8, 4) is 5.75 Å². The smallest absolute Gasteiger partial charge is 0.130 e. The number of para-hydroxylation sites is 1. The van der Waals surface area contributed by atoms with Crippen molar-refractivity contribution in [1.29, 1.82) is 0 Å². The zero-order chi connectivity index (χ0) is 12.5. The molecule has 2 rings (SSSR count). The molecule has 1 aromatic rings. The second-order valence-corrected chi connectivity index (χ2v) is 5.23. The van der Waals surface area contributed by atoms with Gasteiger partial charge in [-0.2, -0.15) is 0 Å². The number of nitrogens with two attached hydrogens (primary N) is 1. The first-order valence-corrected chi connectivity index (χ1v) is 6.26. The Morgan fingerprint density at radius 1 is 1.47 bits per heavy atom. The predicted molar refractivity (Wildman–Crippen MR) is 72.2 cm³/mol. The Hall–Kier alpha value is -1.28. The van der Waals surface area contributed by atoms with Gasteiger partial charge in [0.2, 0.25) is 0 Å². The van der Waals surface area contributed by atoms with Gasteiger partial charge in [0, 0.05) is 18.5 Å². The predicted octanol–water partition coefficient (Wildman–Crippen LogP) is 3.15. The van der Waals surface area contributed by atoms with Gasteiger partial charge in [-0.05, 0) is 25.8 Å². The highest BCUT2D eigenvalue weighted by Gasteiger charge is 2.31. The molecule has 1 heterocycles. The highest BCUT2D eigenvalue weighted by atomic mass is 16.5. The maximum absolute atomic E-state index is 6.03. The minimum atomic E-state index is -0.0820. The van der Waals surface area contributed by atoms with Crippen molar-refractivity contribution in [3.05, 3.63) is 34.9 Å². The largest absolute Gasteiger partial charge is 0.487 e. The first kappa shape index (κ1) is 12.2. The second kappa shape index (κ2) is 4.53. The Morgan fingerprint density at radius 3 is 2.88 bits per heavy atom. The lowest BCUT2D eigenvalue weighted by molar-refractivity contribution is 0.138. The first-order valence-electron chi connectivity index (χ1n) is 6.26. The molecule has 0 fully saturated rings. The standard InChI is InChI=1S/C15H21NO/c1-4-11(10-16)8-12-6-5-7-13-9-15(2,3)17-14(12)13/h5-8H,4,9-10,16H2,1-3H3. The van der Waals surface area contributed by atoms with Gasteiger partial charge in [-0.15, -0.1) is 0 Å². The van der Waals surface area contributed by atoms with Crippen molar-refractivity contribution in [1.82, 2.24) is 0 Å². The molecule has 0 amide bonds. The summed E-state index contributed by atoms with van der Waals surface area (Å²) >= 11 is 0. The fourth-order valence-electron chi connectivity index (χ4n) is 2.28. The maximum Gasteiger partial charge on any atom is 0.130 e. The van der Waals surface area contributed by atoms with Crippen molar-refractivity contribution in [2.75, 3.05) is 6.54 Å². The van der Waals surface area contributed by atoms with Crippen LogP contribution in [0.4, 0.5) is 0 Å². The van der Waals surface area contributed by atoms with E-state index in [-0.39, 0.29) is 5.60 Å². The van der Waals surface area contributed by atoms with Crippen LogP contribution in [0.2, 0.25) is 0 Å². The van der Waals surface area contributed by atoms with E-state index in [1.165, 1.54) is 11.1 Å². The third-order valence-corrected chi connectivity index (χ3v) is 3.20. The summed E-state index contributed by atoms with van der Waals surface area (Å²) in [5.41, 5.74) is 9.36. The fraction of sp³-hybridized carbons (Fsp3) is 0.467. The van der Waals surface area contributed by atoms with E-state index in [2.05, 4.69) is 45.0 Å². The number of ether oxygens (including phenoxy) is 1. The molecule has 2 N–H and O–H groups in total. The molecule has 0 radical (unpaired) electrons.